The fourth-order valence-electron chi connectivity index (χ4n) is 4.53. The van der Waals surface area contributed by atoms with Crippen LogP contribution in [0, 0.1) is 0 Å². The van der Waals surface area contributed by atoms with Gasteiger partial charge in [0.2, 0.25) is 0 Å². The molecule has 0 amide bonds. The zero-order valence-corrected chi connectivity index (χ0v) is 13.7. The Morgan fingerprint density at radius 2 is 1.69 bits per heavy atom. The summed E-state index contributed by atoms with van der Waals surface area (Å²) in [4.78, 5) is 4.96. The summed E-state index contributed by atoms with van der Waals surface area (Å²) in [5, 5.41) is 6.28. The van der Waals surface area contributed by atoms with Crippen LogP contribution >= 0.6 is 0 Å². The maximum absolute atomic E-state index is 5.65. The van der Waals surface area contributed by atoms with Gasteiger partial charge in [-0.3, -0.25) is 0 Å². The zero-order chi connectivity index (χ0) is 16.8. The molecule has 0 aliphatic heterocycles. The number of fused-ring (bicyclic) bond motifs is 7. The fourth-order valence-corrected chi connectivity index (χ4v) is 4.53. The molecule has 3 heteroatoms. The molecule has 0 saturated carbocycles. The minimum absolute atomic E-state index is 0.821. The van der Waals surface area contributed by atoms with Gasteiger partial charge in [-0.25, -0.2) is 4.98 Å². The predicted molar refractivity (Wildman–Crippen MR) is 106 cm³/mol. The largest absolute Gasteiger partial charge is 0.463 e. The summed E-state index contributed by atoms with van der Waals surface area (Å²) in [6.45, 7) is 0. The highest BCUT2D eigenvalue weighted by Crippen LogP contribution is 2.41. The van der Waals surface area contributed by atoms with E-state index in [0.717, 1.165) is 22.1 Å². The third-order valence-electron chi connectivity index (χ3n) is 5.59. The first-order valence-corrected chi connectivity index (χ1v) is 8.74. The van der Waals surface area contributed by atoms with Gasteiger partial charge in [0.05, 0.1) is 28.3 Å². The van der Waals surface area contributed by atoms with E-state index in [1.54, 1.807) is 6.26 Å². The summed E-state index contributed by atoms with van der Waals surface area (Å²) < 4.78 is 8.01. The van der Waals surface area contributed by atoms with Gasteiger partial charge in [-0.1, -0.05) is 48.5 Å². The molecule has 3 aromatic carbocycles. The van der Waals surface area contributed by atoms with E-state index in [1.807, 2.05) is 6.07 Å². The second kappa shape index (κ2) is 4.14. The number of hydrogen-bond acceptors (Lipinski definition) is 2. The molecule has 0 atom stereocenters. The molecule has 0 saturated heterocycles. The van der Waals surface area contributed by atoms with Crippen LogP contribution in [0.5, 0.6) is 0 Å². The molecule has 7 rings (SSSR count). The molecule has 0 fully saturated rings. The van der Waals surface area contributed by atoms with Crippen molar-refractivity contribution in [1.29, 1.82) is 0 Å². The van der Waals surface area contributed by atoms with Crippen molar-refractivity contribution in [2.45, 2.75) is 0 Å². The molecule has 4 aromatic heterocycles. The molecule has 0 radical (unpaired) electrons. The van der Waals surface area contributed by atoms with E-state index in [2.05, 4.69) is 65.1 Å². The lowest BCUT2D eigenvalue weighted by Gasteiger charge is -2.12. The Labute approximate surface area is 147 Å². The van der Waals surface area contributed by atoms with Gasteiger partial charge in [0.15, 0.2) is 5.58 Å². The van der Waals surface area contributed by atoms with Gasteiger partial charge < -0.3 is 8.82 Å². The number of nitrogens with zero attached hydrogens (tertiary/aromatic N) is 2. The lowest BCUT2D eigenvalue weighted by Crippen LogP contribution is -1.94. The highest BCUT2D eigenvalue weighted by molar-refractivity contribution is 6.28. The standard InChI is InChI=1S/C23H12N2O/c1-2-7-18-14(5-1)15-9-8-13-4-3-6-16-21(13)23(15)25(18)19-12-20-17(10-11-26-20)24-22(16)19/h1-12H. The molecule has 0 unspecified atom stereocenters. The van der Waals surface area contributed by atoms with Gasteiger partial charge in [0, 0.05) is 33.7 Å². The number of pyridine rings is 2. The normalized spacial score (nSPS) is 12.6. The lowest BCUT2D eigenvalue weighted by atomic mass is 10.0. The van der Waals surface area contributed by atoms with Crippen molar-refractivity contribution < 1.29 is 4.42 Å². The Morgan fingerprint density at radius 1 is 0.769 bits per heavy atom. The molecule has 7 aromatic rings. The molecule has 0 aliphatic rings. The van der Waals surface area contributed by atoms with E-state index in [9.17, 15) is 0 Å². The van der Waals surface area contributed by atoms with E-state index in [-0.39, 0.29) is 0 Å². The molecule has 0 spiro atoms. The third-order valence-corrected chi connectivity index (χ3v) is 5.59. The van der Waals surface area contributed by atoms with Crippen LogP contribution < -0.4 is 0 Å². The van der Waals surface area contributed by atoms with Crippen LogP contribution in [0.25, 0.3) is 60.1 Å². The van der Waals surface area contributed by atoms with Gasteiger partial charge in [-0.05, 0) is 11.5 Å². The van der Waals surface area contributed by atoms with Crippen LogP contribution in [0.1, 0.15) is 0 Å². The first-order valence-electron chi connectivity index (χ1n) is 8.74. The topological polar surface area (TPSA) is 30.4 Å². The quantitative estimate of drug-likeness (QED) is 0.247. The monoisotopic (exact) mass is 332 g/mol. The Kier molecular flexibility index (Phi) is 2.03. The van der Waals surface area contributed by atoms with Crippen molar-refractivity contribution in [2.24, 2.45) is 0 Å². The molecular weight excluding hydrogens is 320 g/mol. The van der Waals surface area contributed by atoms with Crippen LogP contribution in [0.4, 0.5) is 0 Å². The second-order valence-corrected chi connectivity index (χ2v) is 6.88. The fraction of sp³-hybridized carbons (Fsp3) is 0. The SMILES string of the molecule is c1cc2ccc3c4ccccc4n4c5cc6occc6nc5c(c1)c2c34. The maximum Gasteiger partial charge on any atom is 0.154 e. The number of aromatic nitrogens is 2. The van der Waals surface area contributed by atoms with Crippen molar-refractivity contribution in [1.82, 2.24) is 9.38 Å². The van der Waals surface area contributed by atoms with E-state index in [0.29, 0.717) is 0 Å². The summed E-state index contributed by atoms with van der Waals surface area (Å²) in [5.74, 6) is 0. The average Bonchev–Trinajstić information content (AvgIpc) is 3.28. The van der Waals surface area contributed by atoms with Gasteiger partial charge >= 0.3 is 0 Å². The van der Waals surface area contributed by atoms with Gasteiger partial charge in [0.1, 0.15) is 5.52 Å². The number of furan rings is 1. The van der Waals surface area contributed by atoms with Crippen LogP contribution in [0.3, 0.4) is 0 Å². The van der Waals surface area contributed by atoms with Gasteiger partial charge in [0.25, 0.3) is 0 Å². The van der Waals surface area contributed by atoms with Crippen LogP contribution in [0.2, 0.25) is 0 Å². The molecule has 26 heavy (non-hydrogen) atoms. The van der Waals surface area contributed by atoms with Gasteiger partial charge in [-0.2, -0.15) is 0 Å². The van der Waals surface area contributed by atoms with Crippen molar-refractivity contribution in [3.63, 3.8) is 0 Å². The minimum Gasteiger partial charge on any atom is -0.463 e. The summed E-state index contributed by atoms with van der Waals surface area (Å²) in [6, 6.07) is 23.6. The molecule has 0 N–H and O–H groups in total. The molecule has 0 aliphatic carbocycles. The Morgan fingerprint density at radius 3 is 2.69 bits per heavy atom. The number of para-hydroxylation sites is 1. The molecule has 0 bridgehead atoms. The zero-order valence-electron chi connectivity index (χ0n) is 13.7. The predicted octanol–water partition coefficient (Wildman–Crippen LogP) is 6.13. The molecule has 4 heterocycles. The lowest BCUT2D eigenvalue weighted by molar-refractivity contribution is 0.616. The summed E-state index contributed by atoms with van der Waals surface area (Å²) in [7, 11) is 0. The highest BCUT2D eigenvalue weighted by Gasteiger charge is 2.19. The Hall–Kier alpha value is -3.59. The molecule has 120 valence electrons. The molecular formula is C23H12N2O. The van der Waals surface area contributed by atoms with Crippen LogP contribution in [-0.2, 0) is 0 Å². The van der Waals surface area contributed by atoms with E-state index in [4.69, 9.17) is 9.40 Å². The van der Waals surface area contributed by atoms with Crippen molar-refractivity contribution in [3.05, 3.63) is 73.0 Å². The van der Waals surface area contributed by atoms with Crippen molar-refractivity contribution in [2.75, 3.05) is 0 Å². The van der Waals surface area contributed by atoms with Crippen molar-refractivity contribution >= 4 is 60.1 Å². The Bertz CT molecular complexity index is 1630. The minimum atomic E-state index is 0.821. The average molecular weight is 332 g/mol. The third kappa shape index (κ3) is 1.32. The van der Waals surface area contributed by atoms with Gasteiger partial charge in [-0.15, -0.1) is 0 Å². The summed E-state index contributed by atoms with van der Waals surface area (Å²) in [5.41, 5.74) is 6.29. The van der Waals surface area contributed by atoms with E-state index >= 15 is 0 Å². The van der Waals surface area contributed by atoms with Crippen LogP contribution in [-0.4, -0.2) is 9.38 Å². The van der Waals surface area contributed by atoms with E-state index in [1.165, 1.54) is 38.0 Å². The molecule has 3 nitrogen and oxygen atoms in total. The maximum atomic E-state index is 5.65. The second-order valence-electron chi connectivity index (χ2n) is 6.88. The summed E-state index contributed by atoms with van der Waals surface area (Å²) in [6.07, 6.45) is 1.71. The highest BCUT2D eigenvalue weighted by atomic mass is 16.3. The van der Waals surface area contributed by atoms with Crippen molar-refractivity contribution in [3.8, 4) is 0 Å². The smallest absolute Gasteiger partial charge is 0.154 e. The Balaban J connectivity index is 1.99. The summed E-state index contributed by atoms with van der Waals surface area (Å²) >= 11 is 0. The van der Waals surface area contributed by atoms with E-state index < -0.39 is 0 Å². The van der Waals surface area contributed by atoms with Crippen LogP contribution in [0.15, 0.2) is 77.4 Å². The first kappa shape index (κ1) is 12.7. The number of hydrogen-bond donors (Lipinski definition) is 0. The number of rotatable bonds is 0. The first-order chi connectivity index (χ1) is 12.9. The number of benzene rings is 3.